The summed E-state index contributed by atoms with van der Waals surface area (Å²) < 4.78 is 11.2. The first-order valence-corrected chi connectivity index (χ1v) is 10.6. The highest BCUT2D eigenvalue weighted by atomic mass is 16.7. The van der Waals surface area contributed by atoms with E-state index in [4.69, 9.17) is 14.5 Å². The Bertz CT molecular complexity index is 943. The minimum atomic E-state index is 0.322. The summed E-state index contributed by atoms with van der Waals surface area (Å²) in [6.45, 7) is 5.77. The predicted octanol–water partition coefficient (Wildman–Crippen LogP) is 2.62. The van der Waals surface area contributed by atoms with E-state index < -0.39 is 0 Å². The lowest BCUT2D eigenvalue weighted by atomic mass is 9.75. The van der Waals surface area contributed by atoms with Crippen molar-refractivity contribution in [3.63, 3.8) is 0 Å². The van der Waals surface area contributed by atoms with Crippen molar-refractivity contribution >= 4 is 11.8 Å². The lowest BCUT2D eigenvalue weighted by Gasteiger charge is -2.51. The Hall–Kier alpha value is -2.54. The van der Waals surface area contributed by atoms with E-state index in [0.29, 0.717) is 30.7 Å². The number of ether oxygens (including phenoxy) is 2. The first-order valence-electron chi connectivity index (χ1n) is 10.6. The molecule has 5 aliphatic rings. The molecule has 2 bridgehead atoms. The van der Waals surface area contributed by atoms with Crippen molar-refractivity contribution in [3.8, 4) is 11.5 Å². The highest BCUT2D eigenvalue weighted by molar-refractivity contribution is 5.52. The Morgan fingerprint density at radius 1 is 1.03 bits per heavy atom. The van der Waals surface area contributed by atoms with E-state index in [1.165, 1.54) is 31.5 Å². The van der Waals surface area contributed by atoms with E-state index >= 15 is 0 Å². The van der Waals surface area contributed by atoms with Gasteiger partial charge < -0.3 is 19.7 Å². The van der Waals surface area contributed by atoms with Crippen LogP contribution >= 0.6 is 0 Å². The van der Waals surface area contributed by atoms with Crippen molar-refractivity contribution in [1.82, 2.24) is 14.9 Å². The van der Waals surface area contributed by atoms with Gasteiger partial charge in [-0.05, 0) is 56.5 Å². The molecule has 3 atom stereocenters. The van der Waals surface area contributed by atoms with Gasteiger partial charge in [-0.2, -0.15) is 4.98 Å². The predicted molar refractivity (Wildman–Crippen MR) is 111 cm³/mol. The van der Waals surface area contributed by atoms with E-state index in [0.717, 1.165) is 35.5 Å². The fraction of sp³-hybridized carbons (Fsp3) is 0.545. The molecule has 0 unspecified atom stereocenters. The lowest BCUT2D eigenvalue weighted by Crippen LogP contribution is -2.60. The van der Waals surface area contributed by atoms with E-state index in [9.17, 15) is 0 Å². The molecule has 4 saturated heterocycles. The number of rotatable bonds is 3. The van der Waals surface area contributed by atoms with Gasteiger partial charge in [-0.1, -0.05) is 6.07 Å². The molecule has 0 radical (unpaired) electrons. The SMILES string of the molecule is CNc1nc(C)cc(N2C[C@@H](c3ccc4c(c3)OCO4)[C@@H]3[C@H]2C2CCN3CC2)n1. The van der Waals surface area contributed by atoms with Crippen LogP contribution in [0.3, 0.4) is 0 Å². The minimum absolute atomic E-state index is 0.322. The van der Waals surface area contributed by atoms with Gasteiger partial charge in [-0.3, -0.25) is 4.90 Å². The largest absolute Gasteiger partial charge is 0.454 e. The molecule has 0 aliphatic carbocycles. The van der Waals surface area contributed by atoms with Crippen LogP contribution < -0.4 is 19.7 Å². The summed E-state index contributed by atoms with van der Waals surface area (Å²) in [4.78, 5) is 14.6. The zero-order chi connectivity index (χ0) is 19.5. The molecule has 7 heteroatoms. The van der Waals surface area contributed by atoms with Gasteiger partial charge in [0.05, 0.1) is 0 Å². The van der Waals surface area contributed by atoms with E-state index in [2.05, 4.69) is 44.4 Å². The fourth-order valence-corrected chi connectivity index (χ4v) is 5.93. The van der Waals surface area contributed by atoms with Crippen molar-refractivity contribution in [2.24, 2.45) is 5.92 Å². The van der Waals surface area contributed by atoms with Crippen molar-refractivity contribution < 1.29 is 9.47 Å². The van der Waals surface area contributed by atoms with Gasteiger partial charge >= 0.3 is 0 Å². The van der Waals surface area contributed by atoms with E-state index in [-0.39, 0.29) is 0 Å². The van der Waals surface area contributed by atoms with E-state index in [1.807, 2.05) is 14.0 Å². The number of hydrogen-bond donors (Lipinski definition) is 1. The maximum absolute atomic E-state index is 5.68. The summed E-state index contributed by atoms with van der Waals surface area (Å²) in [5.74, 6) is 4.65. The van der Waals surface area contributed by atoms with Crippen LogP contribution in [0.25, 0.3) is 0 Å². The lowest BCUT2D eigenvalue weighted by molar-refractivity contribution is 0.0354. The van der Waals surface area contributed by atoms with Crippen LogP contribution in [0.2, 0.25) is 0 Å². The van der Waals surface area contributed by atoms with Crippen LogP contribution in [0.1, 0.15) is 30.0 Å². The van der Waals surface area contributed by atoms with Crippen molar-refractivity contribution in [1.29, 1.82) is 0 Å². The Morgan fingerprint density at radius 3 is 2.69 bits per heavy atom. The first-order chi connectivity index (χ1) is 14.2. The Labute approximate surface area is 171 Å². The van der Waals surface area contributed by atoms with Gasteiger partial charge in [-0.15, -0.1) is 0 Å². The molecule has 152 valence electrons. The summed E-state index contributed by atoms with van der Waals surface area (Å²) in [7, 11) is 1.88. The van der Waals surface area contributed by atoms with Crippen LogP contribution in [0.4, 0.5) is 11.8 Å². The fourth-order valence-electron chi connectivity index (χ4n) is 5.93. The van der Waals surface area contributed by atoms with Gasteiger partial charge in [0.15, 0.2) is 11.5 Å². The van der Waals surface area contributed by atoms with Crippen LogP contribution in [0, 0.1) is 12.8 Å². The average Bonchev–Trinajstić information content (AvgIpc) is 3.39. The first kappa shape index (κ1) is 17.3. The van der Waals surface area contributed by atoms with Crippen molar-refractivity contribution in [2.45, 2.75) is 37.8 Å². The zero-order valence-corrected chi connectivity index (χ0v) is 17.0. The van der Waals surface area contributed by atoms with Crippen LogP contribution in [0.5, 0.6) is 11.5 Å². The maximum atomic E-state index is 5.68. The number of piperidine rings is 3. The second-order valence-corrected chi connectivity index (χ2v) is 8.67. The number of benzene rings is 1. The summed E-state index contributed by atoms with van der Waals surface area (Å²) in [6, 6.07) is 9.66. The number of nitrogens with one attached hydrogen (secondary N) is 1. The standard InChI is InChI=1S/C22H27N5O2/c1-13-9-19(25-22(23-2)24-13)27-11-16(15-3-4-17-18(10-15)29-12-28-17)21-20(27)14-5-7-26(21)8-6-14/h3-4,9-10,14,16,20-21H,5-8,11-12H2,1-2H3,(H,23,24,25)/t16-,20+,21+/m0/s1. The molecular formula is C22H27N5O2. The molecular weight excluding hydrogens is 366 g/mol. The number of anilines is 2. The second-order valence-electron chi connectivity index (χ2n) is 8.67. The van der Waals surface area contributed by atoms with Crippen LogP contribution in [-0.2, 0) is 0 Å². The smallest absolute Gasteiger partial charge is 0.231 e. The highest BCUT2D eigenvalue weighted by Gasteiger charge is 2.53. The summed E-state index contributed by atoms with van der Waals surface area (Å²) >= 11 is 0. The third-order valence-electron chi connectivity index (χ3n) is 7.18. The normalized spacial score (nSPS) is 31.8. The number of aromatic nitrogens is 2. The Kier molecular flexibility index (Phi) is 3.88. The number of aryl methyl sites for hydroxylation is 1. The van der Waals surface area contributed by atoms with Gasteiger partial charge in [0.2, 0.25) is 12.7 Å². The van der Waals surface area contributed by atoms with Crippen LogP contribution in [0.15, 0.2) is 24.3 Å². The molecule has 29 heavy (non-hydrogen) atoms. The van der Waals surface area contributed by atoms with Crippen LogP contribution in [-0.4, -0.2) is 60.4 Å². The molecule has 7 rings (SSSR count). The molecule has 5 aliphatic heterocycles. The summed E-state index contributed by atoms with van der Waals surface area (Å²) in [6.07, 6.45) is 2.57. The maximum Gasteiger partial charge on any atom is 0.231 e. The highest BCUT2D eigenvalue weighted by Crippen LogP contribution is 2.49. The monoisotopic (exact) mass is 393 g/mol. The quantitative estimate of drug-likeness (QED) is 0.860. The molecule has 2 aromatic rings. The zero-order valence-electron chi connectivity index (χ0n) is 17.0. The van der Waals surface area contributed by atoms with Gasteiger partial charge in [0, 0.05) is 43.4 Å². The van der Waals surface area contributed by atoms with E-state index in [1.54, 1.807) is 0 Å². The van der Waals surface area contributed by atoms with Crippen molar-refractivity contribution in [3.05, 3.63) is 35.5 Å². The molecule has 0 amide bonds. The van der Waals surface area contributed by atoms with Gasteiger partial charge in [0.1, 0.15) is 5.82 Å². The third kappa shape index (κ3) is 2.67. The summed E-state index contributed by atoms with van der Waals surface area (Å²) in [5, 5.41) is 3.12. The van der Waals surface area contributed by atoms with Crippen molar-refractivity contribution in [2.75, 3.05) is 43.7 Å². The minimum Gasteiger partial charge on any atom is -0.454 e. The molecule has 0 spiro atoms. The Balaban J connectivity index is 1.42. The summed E-state index contributed by atoms with van der Waals surface area (Å²) in [5.41, 5.74) is 2.35. The van der Waals surface area contributed by atoms with Gasteiger partial charge in [-0.25, -0.2) is 4.98 Å². The molecule has 7 nitrogen and oxygen atoms in total. The molecule has 1 N–H and O–H groups in total. The number of hydrogen-bond acceptors (Lipinski definition) is 7. The molecule has 6 heterocycles. The number of fused-ring (bicyclic) bond motifs is 3. The van der Waals surface area contributed by atoms with Gasteiger partial charge in [0.25, 0.3) is 0 Å². The second kappa shape index (κ2) is 6.49. The molecule has 1 aromatic heterocycles. The third-order valence-corrected chi connectivity index (χ3v) is 7.18. The number of nitrogens with zero attached hydrogens (tertiary/aromatic N) is 4. The molecule has 1 aromatic carbocycles. The molecule has 4 fully saturated rings. The average molecular weight is 393 g/mol. The topological polar surface area (TPSA) is 62.8 Å². The Morgan fingerprint density at radius 2 is 1.86 bits per heavy atom. The molecule has 0 saturated carbocycles.